The van der Waals surface area contributed by atoms with E-state index in [0.29, 0.717) is 5.89 Å². The highest BCUT2D eigenvalue weighted by Gasteiger charge is 1.95. The Hall–Kier alpha value is -1.05. The summed E-state index contributed by atoms with van der Waals surface area (Å²) in [6.07, 6.45) is 5.18. The molecule has 1 heterocycles. The van der Waals surface area contributed by atoms with Crippen LogP contribution >= 0.6 is 0 Å². The molecule has 9 heavy (non-hydrogen) atoms. The topological polar surface area (TPSA) is 26.0 Å². The number of hydrogen-bond donors (Lipinski definition) is 0. The van der Waals surface area contributed by atoms with Crippen molar-refractivity contribution in [1.29, 1.82) is 0 Å². The van der Waals surface area contributed by atoms with Crippen LogP contribution in [-0.4, -0.2) is 4.98 Å². The van der Waals surface area contributed by atoms with Crippen LogP contribution in [0.4, 0.5) is 0 Å². The predicted octanol–water partition coefficient (Wildman–Crippen LogP) is 2.10. The normalized spacial score (nSPS) is 12.0. The maximum Gasteiger partial charge on any atom is 0.221 e. The summed E-state index contributed by atoms with van der Waals surface area (Å²) >= 11 is 0. The largest absolute Gasteiger partial charge is 0.445 e. The van der Waals surface area contributed by atoms with Gasteiger partial charge in [0.1, 0.15) is 6.26 Å². The number of oxazole rings is 1. The smallest absolute Gasteiger partial charge is 0.221 e. The van der Waals surface area contributed by atoms with E-state index in [4.69, 9.17) is 4.42 Å². The number of nitrogens with zero attached hydrogens (tertiary/aromatic N) is 1. The Kier molecular flexibility index (Phi) is 1.68. The zero-order chi connectivity index (χ0) is 6.69. The van der Waals surface area contributed by atoms with E-state index in [1.54, 1.807) is 12.5 Å². The molecule has 0 aliphatic carbocycles. The number of rotatable bonds is 1. The van der Waals surface area contributed by atoms with Crippen molar-refractivity contribution in [3.05, 3.63) is 24.4 Å². The van der Waals surface area contributed by atoms with Crippen LogP contribution in [0, 0.1) is 0 Å². The molecule has 0 aromatic carbocycles. The molecule has 0 saturated heterocycles. The summed E-state index contributed by atoms with van der Waals surface area (Å²) in [7, 11) is 0. The Morgan fingerprint density at radius 1 is 1.78 bits per heavy atom. The third-order valence-corrected chi connectivity index (χ3v) is 1.20. The summed E-state index contributed by atoms with van der Waals surface area (Å²) in [5, 5.41) is 0. The van der Waals surface area contributed by atoms with Gasteiger partial charge in [-0.1, -0.05) is 6.08 Å². The van der Waals surface area contributed by atoms with Gasteiger partial charge in [-0.15, -0.1) is 0 Å². The van der Waals surface area contributed by atoms with Crippen LogP contribution in [0.3, 0.4) is 0 Å². The summed E-state index contributed by atoms with van der Waals surface area (Å²) < 4.78 is 5.01. The monoisotopic (exact) mass is 123 g/mol. The van der Waals surface area contributed by atoms with Gasteiger partial charge in [-0.25, -0.2) is 4.98 Å². The Morgan fingerprint density at radius 2 is 2.56 bits per heavy atom. The average molecular weight is 123 g/mol. The van der Waals surface area contributed by atoms with Gasteiger partial charge >= 0.3 is 0 Å². The van der Waals surface area contributed by atoms with Crippen molar-refractivity contribution in [3.63, 3.8) is 0 Å². The fraction of sp³-hybridized carbons (Fsp3) is 0.286. The van der Waals surface area contributed by atoms with Crippen LogP contribution in [0.1, 0.15) is 19.7 Å². The lowest BCUT2D eigenvalue weighted by Gasteiger charge is -1.87. The van der Waals surface area contributed by atoms with Crippen molar-refractivity contribution in [2.45, 2.75) is 13.8 Å². The zero-order valence-electron chi connectivity index (χ0n) is 5.59. The van der Waals surface area contributed by atoms with Crippen LogP contribution in [0.5, 0.6) is 0 Å². The molecule has 0 bridgehead atoms. The third-order valence-electron chi connectivity index (χ3n) is 1.20. The zero-order valence-corrected chi connectivity index (χ0v) is 5.59. The van der Waals surface area contributed by atoms with Gasteiger partial charge in [0.25, 0.3) is 0 Å². The van der Waals surface area contributed by atoms with Crippen molar-refractivity contribution in [3.8, 4) is 0 Å². The Bertz CT molecular complexity index is 199. The molecule has 0 atom stereocenters. The van der Waals surface area contributed by atoms with Crippen molar-refractivity contribution in [2.75, 3.05) is 0 Å². The molecule has 0 aliphatic heterocycles. The molecule has 0 spiro atoms. The SMILES string of the molecule is CC=C(C)c1ncco1. The van der Waals surface area contributed by atoms with Crippen molar-refractivity contribution in [1.82, 2.24) is 4.98 Å². The van der Waals surface area contributed by atoms with Crippen LogP contribution in [-0.2, 0) is 0 Å². The van der Waals surface area contributed by atoms with Gasteiger partial charge in [-0.3, -0.25) is 0 Å². The lowest BCUT2D eigenvalue weighted by atomic mass is 10.3. The lowest BCUT2D eigenvalue weighted by Crippen LogP contribution is -1.74. The minimum atomic E-state index is 0.706. The van der Waals surface area contributed by atoms with Gasteiger partial charge in [-0.2, -0.15) is 0 Å². The first-order valence-corrected chi connectivity index (χ1v) is 2.87. The first-order valence-electron chi connectivity index (χ1n) is 2.87. The Morgan fingerprint density at radius 3 is 3.00 bits per heavy atom. The highest BCUT2D eigenvalue weighted by molar-refractivity contribution is 5.54. The second-order valence-electron chi connectivity index (χ2n) is 1.81. The minimum absolute atomic E-state index is 0.706. The third kappa shape index (κ3) is 1.19. The van der Waals surface area contributed by atoms with E-state index in [-0.39, 0.29) is 0 Å². The number of hydrogen-bond acceptors (Lipinski definition) is 2. The highest BCUT2D eigenvalue weighted by atomic mass is 16.3. The molecule has 0 radical (unpaired) electrons. The van der Waals surface area contributed by atoms with E-state index in [1.165, 1.54) is 0 Å². The highest BCUT2D eigenvalue weighted by Crippen LogP contribution is 2.08. The van der Waals surface area contributed by atoms with Gasteiger partial charge < -0.3 is 4.42 Å². The molecule has 1 aromatic heterocycles. The molecule has 48 valence electrons. The Labute approximate surface area is 54.2 Å². The van der Waals surface area contributed by atoms with Gasteiger partial charge in [0.15, 0.2) is 0 Å². The lowest BCUT2D eigenvalue weighted by molar-refractivity contribution is 0.541. The van der Waals surface area contributed by atoms with Crippen LogP contribution < -0.4 is 0 Å². The minimum Gasteiger partial charge on any atom is -0.445 e. The van der Waals surface area contributed by atoms with E-state index in [9.17, 15) is 0 Å². The molecule has 0 unspecified atom stereocenters. The summed E-state index contributed by atoms with van der Waals surface area (Å²) in [4.78, 5) is 3.95. The van der Waals surface area contributed by atoms with Gasteiger partial charge in [0.05, 0.1) is 6.20 Å². The molecule has 0 amide bonds. The molecule has 0 N–H and O–H groups in total. The quantitative estimate of drug-likeness (QED) is 0.571. The number of aromatic nitrogens is 1. The van der Waals surface area contributed by atoms with Gasteiger partial charge in [0.2, 0.25) is 5.89 Å². The average Bonchev–Trinajstić information content (AvgIpc) is 2.37. The van der Waals surface area contributed by atoms with Gasteiger partial charge in [0, 0.05) is 5.57 Å². The maximum atomic E-state index is 5.01. The summed E-state index contributed by atoms with van der Waals surface area (Å²) in [6, 6.07) is 0. The Balaban J connectivity index is 2.90. The van der Waals surface area contributed by atoms with Crippen molar-refractivity contribution >= 4 is 5.57 Å². The maximum absolute atomic E-state index is 5.01. The molecule has 0 saturated carbocycles. The molecule has 0 fully saturated rings. The number of allylic oxidation sites excluding steroid dienone is 2. The standard InChI is InChI=1S/C7H9NO/c1-3-6(2)7-8-4-5-9-7/h3-5H,1-2H3. The van der Waals surface area contributed by atoms with Gasteiger partial charge in [-0.05, 0) is 13.8 Å². The van der Waals surface area contributed by atoms with E-state index in [1.807, 2.05) is 19.9 Å². The fourth-order valence-corrected chi connectivity index (χ4v) is 0.542. The van der Waals surface area contributed by atoms with E-state index < -0.39 is 0 Å². The fourth-order valence-electron chi connectivity index (χ4n) is 0.542. The summed E-state index contributed by atoms with van der Waals surface area (Å²) in [5.74, 6) is 0.706. The van der Waals surface area contributed by atoms with E-state index >= 15 is 0 Å². The molecular formula is C7H9NO. The van der Waals surface area contributed by atoms with Crippen LogP contribution in [0.2, 0.25) is 0 Å². The molecule has 2 heteroatoms. The first kappa shape index (κ1) is 6.08. The second kappa shape index (κ2) is 2.49. The summed E-state index contributed by atoms with van der Waals surface area (Å²) in [6.45, 7) is 3.92. The predicted molar refractivity (Wildman–Crippen MR) is 35.8 cm³/mol. The first-order chi connectivity index (χ1) is 4.34. The summed E-state index contributed by atoms with van der Waals surface area (Å²) in [5.41, 5.74) is 1.07. The molecule has 0 aliphatic rings. The van der Waals surface area contributed by atoms with Crippen LogP contribution in [0.25, 0.3) is 5.57 Å². The van der Waals surface area contributed by atoms with Crippen LogP contribution in [0.15, 0.2) is 23.0 Å². The van der Waals surface area contributed by atoms with E-state index in [2.05, 4.69) is 4.98 Å². The van der Waals surface area contributed by atoms with Crippen molar-refractivity contribution < 1.29 is 4.42 Å². The second-order valence-corrected chi connectivity index (χ2v) is 1.81. The molecular weight excluding hydrogens is 114 g/mol. The molecule has 2 nitrogen and oxygen atoms in total. The molecule has 1 rings (SSSR count). The van der Waals surface area contributed by atoms with Crippen molar-refractivity contribution in [2.24, 2.45) is 0 Å². The van der Waals surface area contributed by atoms with E-state index in [0.717, 1.165) is 5.57 Å². The molecule has 1 aromatic rings.